The molecule has 2 aliphatic heterocycles. The quantitative estimate of drug-likeness (QED) is 0.127. The van der Waals surface area contributed by atoms with E-state index in [0.29, 0.717) is 11.4 Å². The van der Waals surface area contributed by atoms with Crippen LogP contribution in [0.4, 0.5) is 34.1 Å². The molecule has 15 aromatic carbocycles. The lowest BCUT2D eigenvalue weighted by Gasteiger charge is -2.46. The summed E-state index contributed by atoms with van der Waals surface area (Å²) in [7, 11) is 0. The van der Waals surface area contributed by atoms with Gasteiger partial charge in [0.05, 0.1) is 55.4 Å². The smallest absolute Gasteiger partial charge is 0.252 e. The summed E-state index contributed by atoms with van der Waals surface area (Å²) in [6.45, 7) is 33.9. The number of para-hydroxylation sites is 6. The largest absolute Gasteiger partial charge is 0.311 e. The summed E-state index contributed by atoms with van der Waals surface area (Å²) in [6.07, 6.45) is 0. The average molecular weight is 1500 g/mol. The van der Waals surface area contributed by atoms with Gasteiger partial charge in [-0.15, -0.1) is 0 Å². The van der Waals surface area contributed by atoms with Crippen LogP contribution in [0.15, 0.2) is 327 Å². The van der Waals surface area contributed by atoms with Crippen molar-refractivity contribution in [3.8, 4) is 78.1 Å². The molecule has 0 bridgehead atoms. The molecule has 0 saturated carbocycles. The minimum Gasteiger partial charge on any atom is -0.311 e. The normalized spacial score (nSPS) is 15.1. The number of nitrogens with zero attached hydrogens (tertiary/aromatic N) is 4. The highest BCUT2D eigenvalue weighted by molar-refractivity contribution is 7.00. The Morgan fingerprint density at radius 1 is 0.235 bits per heavy atom. The van der Waals surface area contributed by atoms with E-state index in [1.165, 1.54) is 22.3 Å². The second kappa shape index (κ2) is 27.1. The zero-order valence-corrected chi connectivity index (χ0v) is 67.8. The van der Waals surface area contributed by atoms with E-state index in [-0.39, 0.29) is 96.2 Å². The molecule has 5 heteroatoms. The Hall–Kier alpha value is -12.4. The third kappa shape index (κ3) is 12.7. The van der Waals surface area contributed by atoms with Gasteiger partial charge in [0.15, 0.2) is 0 Å². The molecule has 17 aromatic rings. The molecular formula is C110H99BN4. The molecule has 4 heterocycles. The number of rotatable bonds is 10. The van der Waals surface area contributed by atoms with E-state index >= 15 is 0 Å². The zero-order valence-electron chi connectivity index (χ0n) is 83.8. The van der Waals surface area contributed by atoms with Gasteiger partial charge in [-0.3, -0.25) is 0 Å². The van der Waals surface area contributed by atoms with Gasteiger partial charge in [-0.05, 0) is 212 Å². The topological polar surface area (TPSA) is 16.3 Å². The van der Waals surface area contributed by atoms with Crippen molar-refractivity contribution in [2.24, 2.45) is 0 Å². The van der Waals surface area contributed by atoms with Gasteiger partial charge < -0.3 is 18.9 Å². The highest BCUT2D eigenvalue weighted by Crippen LogP contribution is 2.52. The van der Waals surface area contributed by atoms with Crippen LogP contribution in [0.5, 0.6) is 0 Å². The first-order valence-electron chi connectivity index (χ1n) is 47.8. The summed E-state index contributed by atoms with van der Waals surface area (Å²) >= 11 is 0. The second-order valence-corrected chi connectivity index (χ2v) is 36.3. The molecule has 0 aliphatic carbocycles. The van der Waals surface area contributed by atoms with Crippen molar-refractivity contribution in [1.82, 2.24) is 9.13 Å². The van der Waals surface area contributed by atoms with Gasteiger partial charge in [0, 0.05) is 66.8 Å². The number of aromatic nitrogens is 2. The van der Waals surface area contributed by atoms with Crippen LogP contribution < -0.4 is 26.2 Å². The van der Waals surface area contributed by atoms with Gasteiger partial charge in [-0.25, -0.2) is 0 Å². The van der Waals surface area contributed by atoms with E-state index in [1.54, 1.807) is 21.3 Å². The molecule has 0 atom stereocenters. The molecule has 0 amide bonds. The van der Waals surface area contributed by atoms with Gasteiger partial charge in [-0.1, -0.05) is 346 Å². The Morgan fingerprint density at radius 2 is 0.530 bits per heavy atom. The lowest BCUT2D eigenvalue weighted by atomic mass is 9.33. The van der Waals surface area contributed by atoms with E-state index in [9.17, 15) is 5.48 Å². The van der Waals surface area contributed by atoms with E-state index in [0.717, 1.165) is 123 Å². The van der Waals surface area contributed by atoms with E-state index in [1.807, 2.05) is 36.4 Å². The molecule has 0 fully saturated rings. The number of anilines is 6. The molecule has 562 valence electrons. The summed E-state index contributed by atoms with van der Waals surface area (Å²) in [5.74, 6) is 0. The van der Waals surface area contributed by atoms with Gasteiger partial charge in [0.2, 0.25) is 0 Å². The van der Waals surface area contributed by atoms with Crippen molar-refractivity contribution >= 4 is 101 Å². The summed E-state index contributed by atoms with van der Waals surface area (Å²) in [5.41, 5.74) is 26.7. The molecule has 0 unspecified atom stereocenters. The monoisotopic (exact) mass is 1500 g/mol. The first kappa shape index (κ1) is 56.7. The van der Waals surface area contributed by atoms with Gasteiger partial charge in [0.25, 0.3) is 6.71 Å². The summed E-state index contributed by atoms with van der Waals surface area (Å²) in [5, 5.41) is 0.0559. The van der Waals surface area contributed by atoms with E-state index in [4.69, 9.17) is 16.4 Å². The van der Waals surface area contributed by atoms with Gasteiger partial charge >= 0.3 is 0 Å². The van der Waals surface area contributed by atoms with Crippen LogP contribution >= 0.6 is 0 Å². The number of benzene rings is 15. The van der Waals surface area contributed by atoms with Crippen LogP contribution in [0.1, 0.15) is 154 Å². The first-order chi connectivity index (χ1) is 61.8. The van der Waals surface area contributed by atoms with Crippen LogP contribution in [0.2, 0.25) is 0 Å². The van der Waals surface area contributed by atoms with Crippen LogP contribution in [0, 0.1) is 0 Å². The molecule has 0 saturated heterocycles. The minimum atomic E-state index is -0.500. The number of fused-ring (bicyclic) bond motifs is 10. The third-order valence-electron chi connectivity index (χ3n) is 23.6. The Kier molecular flexibility index (Phi) is 13.4. The Labute approximate surface area is 702 Å². The van der Waals surface area contributed by atoms with Crippen molar-refractivity contribution < 1.29 is 21.9 Å². The fourth-order valence-corrected chi connectivity index (χ4v) is 17.2. The lowest BCUT2D eigenvalue weighted by Crippen LogP contribution is -2.61. The molecule has 0 radical (unpaired) electrons. The molecule has 0 N–H and O–H groups in total. The standard InChI is InChI=1S/C110H99BN4/c1-106(2,3)80-58-78(59-81(66-80)107(4,5)6)76-54-56-101-93(64-76)111-94-65-77(79-60-82(108(7,8)9)67-83(61-79)109(10,11)12)55-57-102(94)115(96-41-23-17-35-88(96)73-52-48-71(49-53-73)75-31-29-33-86(63-75)113-99-44-26-20-38-91(99)92-39-21-27-45-100(92)113)104-69-84(110(13,14)15)68-103(105(104)111)114(101)95-40-22-16-34-87(95)72-50-46-70(47-51-72)74-30-28-32-85(62-74)112-97-42-24-18-36-89(97)90-37-19-25-43-98(90)112/h16-69H,1-15H3/i18D,19D,20D,21D,24D,25D,26D,27D,36D,37D,38D,39D,42D,43D,44D,45D. The second-order valence-electron chi connectivity index (χ2n) is 36.3. The number of hydrogen-bond donors (Lipinski definition) is 0. The van der Waals surface area contributed by atoms with Crippen LogP contribution in [-0.4, -0.2) is 15.8 Å². The van der Waals surface area contributed by atoms with Crippen LogP contribution in [0.3, 0.4) is 0 Å². The van der Waals surface area contributed by atoms with Crippen LogP contribution in [-0.2, 0) is 27.1 Å². The molecule has 2 aromatic heterocycles. The highest BCUT2D eigenvalue weighted by Gasteiger charge is 2.46. The molecule has 115 heavy (non-hydrogen) atoms. The van der Waals surface area contributed by atoms with E-state index < -0.39 is 77.9 Å². The van der Waals surface area contributed by atoms with Crippen molar-refractivity contribution in [3.05, 3.63) is 355 Å². The maximum atomic E-state index is 9.29. The van der Waals surface area contributed by atoms with Crippen molar-refractivity contribution in [2.75, 3.05) is 9.80 Å². The fraction of sp³-hybridized carbons (Fsp3) is 0.182. The lowest BCUT2D eigenvalue weighted by molar-refractivity contribution is 0.568. The van der Waals surface area contributed by atoms with Crippen molar-refractivity contribution in [3.63, 3.8) is 0 Å². The predicted molar refractivity (Wildman–Crippen MR) is 495 cm³/mol. The summed E-state index contributed by atoms with van der Waals surface area (Å²) in [4.78, 5) is 5.01. The molecule has 2 aliphatic rings. The maximum Gasteiger partial charge on any atom is 0.252 e. The third-order valence-corrected chi connectivity index (χ3v) is 23.6. The van der Waals surface area contributed by atoms with Crippen molar-refractivity contribution in [1.29, 1.82) is 0 Å². The molecular weight excluding hydrogens is 1390 g/mol. The molecule has 0 spiro atoms. The van der Waals surface area contributed by atoms with Gasteiger partial charge in [-0.2, -0.15) is 0 Å². The fourth-order valence-electron chi connectivity index (χ4n) is 17.2. The average Bonchev–Trinajstić information content (AvgIpc) is 1.66. The molecule has 4 nitrogen and oxygen atoms in total. The predicted octanol–water partition coefficient (Wildman–Crippen LogP) is 28.5. The Morgan fingerprint density at radius 3 is 0.870 bits per heavy atom. The van der Waals surface area contributed by atoms with Gasteiger partial charge in [0.1, 0.15) is 0 Å². The highest BCUT2D eigenvalue weighted by atomic mass is 15.2. The summed E-state index contributed by atoms with van der Waals surface area (Å²) in [6, 6.07) is 75.6. The Bertz CT molecular complexity index is 7100. The SMILES string of the molecule is [2H]c1c([2H])c([2H])c2c(c1[2H])c1c([2H])c([2H])c([2H])c([2H])c1n2-c1cccc(-c2ccc(-c3ccccc3N3c4ccc(-c5cc(C(C)(C)C)cc(C(C)(C)C)c5)cc4B4c5cc(-c6cc(C(C)(C)C)cc(C(C)(C)C)c6)ccc5N(c5ccccc5-c5ccc(-c6cccc(-n7c8c([2H])c([2H])c([2H])c([2H])c8c8c([2H])c([2H])c([2H])c([2H])c87)c6)cc5)c5cc(C(C)(C)C)cc3c54)cc2)c1. The zero-order chi connectivity index (χ0) is 93.3. The summed E-state index contributed by atoms with van der Waals surface area (Å²) < 4.78 is 147. The molecule has 19 rings (SSSR count). The first-order valence-corrected chi connectivity index (χ1v) is 39.8. The van der Waals surface area contributed by atoms with Crippen molar-refractivity contribution in [2.45, 2.75) is 131 Å². The number of hydrogen-bond acceptors (Lipinski definition) is 2. The van der Waals surface area contributed by atoms with Crippen LogP contribution in [0.25, 0.3) is 122 Å². The van der Waals surface area contributed by atoms with E-state index in [2.05, 4.69) is 296 Å². The maximum absolute atomic E-state index is 9.29. The Balaban J connectivity index is 0.821. The minimum absolute atomic E-state index is 0.0140.